The number of hydrogen-bond donors (Lipinski definition) is 2. The van der Waals surface area contributed by atoms with Gasteiger partial charge in [-0.15, -0.1) is 0 Å². The van der Waals surface area contributed by atoms with Crippen LogP contribution in [-0.4, -0.2) is 25.3 Å². The number of sulfonamides is 1. The van der Waals surface area contributed by atoms with Gasteiger partial charge in [0.1, 0.15) is 6.04 Å². The van der Waals surface area contributed by atoms with Gasteiger partial charge in [0.15, 0.2) is 0 Å². The Morgan fingerprint density at radius 3 is 2.25 bits per heavy atom. The summed E-state index contributed by atoms with van der Waals surface area (Å²) in [6.07, 6.45) is 0.103. The van der Waals surface area contributed by atoms with Gasteiger partial charge in [-0.25, -0.2) is 8.42 Å². The van der Waals surface area contributed by atoms with Crippen LogP contribution in [-0.2, 0) is 21.2 Å². The van der Waals surface area contributed by atoms with Crippen LogP contribution in [0.2, 0.25) is 0 Å². The van der Waals surface area contributed by atoms with Crippen molar-refractivity contribution in [3.05, 3.63) is 99.6 Å². The summed E-state index contributed by atoms with van der Waals surface area (Å²) in [6, 6.07) is 18.5. The number of aryl methyl sites for hydroxylation is 1. The van der Waals surface area contributed by atoms with Crippen LogP contribution >= 0.6 is 0 Å². The number of hydrogen-bond acceptors (Lipinski definition) is 5. The minimum Gasteiger partial charge on any atom is -0.324 e. The number of nitrogens with zero attached hydrogens (tertiary/aromatic N) is 1. The molecule has 32 heavy (non-hydrogen) atoms. The SMILES string of the molecule is Cc1ccc(S(=O)(=O)N[C@@H](Cc2ccccc2)C(=O)Nc2cccc([N+](=O)[O-])c2C)cc1. The number of rotatable bonds is 8. The van der Waals surface area contributed by atoms with Crippen molar-refractivity contribution in [3.63, 3.8) is 0 Å². The monoisotopic (exact) mass is 453 g/mol. The van der Waals surface area contributed by atoms with E-state index in [4.69, 9.17) is 0 Å². The first-order valence-electron chi connectivity index (χ1n) is 9.85. The minimum atomic E-state index is -3.98. The highest BCUT2D eigenvalue weighted by atomic mass is 32.2. The predicted octanol–water partition coefficient (Wildman–Crippen LogP) is 3.74. The summed E-state index contributed by atoms with van der Waals surface area (Å²) in [5.74, 6) is -0.617. The van der Waals surface area contributed by atoms with Crippen molar-refractivity contribution >= 4 is 27.3 Å². The number of amides is 1. The first-order valence-corrected chi connectivity index (χ1v) is 11.3. The molecule has 0 radical (unpaired) electrons. The van der Waals surface area contributed by atoms with Crippen LogP contribution in [0.4, 0.5) is 11.4 Å². The molecule has 0 aromatic heterocycles. The van der Waals surface area contributed by atoms with Crippen molar-refractivity contribution in [1.82, 2.24) is 4.72 Å². The summed E-state index contributed by atoms with van der Waals surface area (Å²) in [5.41, 5.74) is 2.06. The lowest BCUT2D eigenvalue weighted by atomic mass is 10.1. The third kappa shape index (κ3) is 5.57. The van der Waals surface area contributed by atoms with Crippen molar-refractivity contribution in [2.45, 2.75) is 31.2 Å². The van der Waals surface area contributed by atoms with Gasteiger partial charge in [0, 0.05) is 6.07 Å². The molecular weight excluding hydrogens is 430 g/mol. The van der Waals surface area contributed by atoms with Crippen LogP contribution in [0, 0.1) is 24.0 Å². The van der Waals surface area contributed by atoms with E-state index in [0.717, 1.165) is 11.1 Å². The van der Waals surface area contributed by atoms with Crippen molar-refractivity contribution in [2.75, 3.05) is 5.32 Å². The number of nitro groups is 1. The van der Waals surface area contributed by atoms with Gasteiger partial charge < -0.3 is 5.32 Å². The maximum atomic E-state index is 13.1. The molecule has 0 saturated heterocycles. The van der Waals surface area contributed by atoms with Gasteiger partial charge in [-0.1, -0.05) is 54.1 Å². The third-order valence-electron chi connectivity index (χ3n) is 4.99. The maximum Gasteiger partial charge on any atom is 0.274 e. The quantitative estimate of drug-likeness (QED) is 0.398. The molecule has 3 rings (SSSR count). The second-order valence-corrected chi connectivity index (χ2v) is 9.09. The van der Waals surface area contributed by atoms with Gasteiger partial charge in [0.25, 0.3) is 5.69 Å². The summed E-state index contributed by atoms with van der Waals surface area (Å²) >= 11 is 0. The van der Waals surface area contributed by atoms with Crippen molar-refractivity contribution in [1.29, 1.82) is 0 Å². The Morgan fingerprint density at radius 1 is 0.969 bits per heavy atom. The molecule has 0 heterocycles. The van der Waals surface area contributed by atoms with Crippen molar-refractivity contribution in [3.8, 4) is 0 Å². The Morgan fingerprint density at radius 2 is 1.62 bits per heavy atom. The Bertz CT molecular complexity index is 1230. The topological polar surface area (TPSA) is 118 Å². The highest BCUT2D eigenvalue weighted by molar-refractivity contribution is 7.89. The number of nitrogens with one attached hydrogen (secondary N) is 2. The van der Waals surface area contributed by atoms with E-state index in [-0.39, 0.29) is 28.3 Å². The Labute approximate surface area is 186 Å². The zero-order chi connectivity index (χ0) is 23.3. The van der Waals surface area contributed by atoms with Gasteiger partial charge in [0.05, 0.1) is 21.1 Å². The molecule has 0 fully saturated rings. The van der Waals surface area contributed by atoms with E-state index in [0.29, 0.717) is 0 Å². The first-order chi connectivity index (χ1) is 15.2. The molecule has 9 heteroatoms. The second kappa shape index (κ2) is 9.71. The number of benzene rings is 3. The fourth-order valence-electron chi connectivity index (χ4n) is 3.19. The molecule has 8 nitrogen and oxygen atoms in total. The van der Waals surface area contributed by atoms with Gasteiger partial charge in [-0.05, 0) is 44.0 Å². The Balaban J connectivity index is 1.90. The molecular formula is C23H23N3O5S. The van der Waals surface area contributed by atoms with Gasteiger partial charge >= 0.3 is 0 Å². The standard InChI is InChI=1S/C23H23N3O5S/c1-16-11-13-19(14-12-16)32(30,31)25-21(15-18-7-4-3-5-8-18)23(27)24-20-9-6-10-22(17(20)2)26(28)29/h3-14,21,25H,15H2,1-2H3,(H,24,27)/t21-/m0/s1. The summed E-state index contributed by atoms with van der Waals surface area (Å²) in [6.45, 7) is 3.37. The largest absolute Gasteiger partial charge is 0.324 e. The van der Waals surface area contributed by atoms with Crippen molar-refractivity contribution < 1.29 is 18.1 Å². The number of nitro benzene ring substituents is 1. The molecule has 166 valence electrons. The summed E-state index contributed by atoms with van der Waals surface area (Å²) in [5, 5.41) is 13.8. The molecule has 0 unspecified atom stereocenters. The molecule has 1 amide bonds. The lowest BCUT2D eigenvalue weighted by Gasteiger charge is -2.19. The predicted molar refractivity (Wildman–Crippen MR) is 122 cm³/mol. The number of carbonyl (C=O) groups excluding carboxylic acids is 1. The normalized spacial score (nSPS) is 12.2. The zero-order valence-corrected chi connectivity index (χ0v) is 18.4. The molecule has 0 aliphatic heterocycles. The minimum absolute atomic E-state index is 0.0421. The molecule has 3 aromatic rings. The van der Waals surface area contributed by atoms with E-state index in [9.17, 15) is 23.3 Å². The van der Waals surface area contributed by atoms with Crippen LogP contribution < -0.4 is 10.0 Å². The Kier molecular flexibility index (Phi) is 7.01. The van der Waals surface area contributed by atoms with Gasteiger partial charge in [-0.2, -0.15) is 4.72 Å². The average molecular weight is 454 g/mol. The van der Waals surface area contributed by atoms with E-state index in [1.165, 1.54) is 37.3 Å². The summed E-state index contributed by atoms with van der Waals surface area (Å²) in [4.78, 5) is 23.8. The maximum absolute atomic E-state index is 13.1. The smallest absolute Gasteiger partial charge is 0.274 e. The van der Waals surface area contributed by atoms with Gasteiger partial charge in [-0.3, -0.25) is 14.9 Å². The highest BCUT2D eigenvalue weighted by Crippen LogP contribution is 2.25. The number of anilines is 1. The molecule has 1 atom stereocenters. The van der Waals surface area contributed by atoms with Crippen LogP contribution in [0.15, 0.2) is 77.7 Å². The fourth-order valence-corrected chi connectivity index (χ4v) is 4.38. The van der Waals surface area contributed by atoms with Crippen LogP contribution in [0.25, 0.3) is 0 Å². The lowest BCUT2D eigenvalue weighted by molar-refractivity contribution is -0.385. The summed E-state index contributed by atoms with van der Waals surface area (Å²) in [7, 11) is -3.98. The van der Waals surface area contributed by atoms with Crippen LogP contribution in [0.5, 0.6) is 0 Å². The zero-order valence-electron chi connectivity index (χ0n) is 17.6. The van der Waals surface area contributed by atoms with Crippen LogP contribution in [0.3, 0.4) is 0 Å². The molecule has 0 aliphatic rings. The molecule has 2 N–H and O–H groups in total. The third-order valence-corrected chi connectivity index (χ3v) is 6.48. The van der Waals surface area contributed by atoms with Crippen molar-refractivity contribution in [2.24, 2.45) is 0 Å². The van der Waals surface area contributed by atoms with E-state index < -0.39 is 26.9 Å². The van der Waals surface area contributed by atoms with Crippen LogP contribution in [0.1, 0.15) is 16.7 Å². The van der Waals surface area contributed by atoms with Gasteiger partial charge in [0.2, 0.25) is 15.9 Å². The number of carbonyl (C=O) groups is 1. The van der Waals surface area contributed by atoms with E-state index >= 15 is 0 Å². The molecule has 0 bridgehead atoms. The average Bonchev–Trinajstić information content (AvgIpc) is 2.75. The fraction of sp³-hybridized carbons (Fsp3) is 0.174. The summed E-state index contributed by atoms with van der Waals surface area (Å²) < 4.78 is 28.3. The molecule has 3 aromatic carbocycles. The molecule has 0 aliphatic carbocycles. The lowest BCUT2D eigenvalue weighted by Crippen LogP contribution is -2.45. The highest BCUT2D eigenvalue weighted by Gasteiger charge is 2.27. The molecule has 0 spiro atoms. The van der Waals surface area contributed by atoms with E-state index in [1.54, 1.807) is 36.4 Å². The first kappa shape index (κ1) is 23.1. The van der Waals surface area contributed by atoms with E-state index in [2.05, 4.69) is 10.0 Å². The molecule has 0 saturated carbocycles. The Hall–Kier alpha value is -3.56. The second-order valence-electron chi connectivity index (χ2n) is 7.37. The van der Waals surface area contributed by atoms with E-state index in [1.807, 2.05) is 13.0 Å².